The van der Waals surface area contributed by atoms with Gasteiger partial charge >= 0.3 is 6.61 Å². The van der Waals surface area contributed by atoms with Crippen LogP contribution in [-0.2, 0) is 11.2 Å². The molecule has 2 aromatic carbocycles. The molecule has 0 atom stereocenters. The molecule has 1 heterocycles. The van der Waals surface area contributed by atoms with E-state index < -0.39 is 6.61 Å². The number of rotatable bonds is 9. The number of carbonyl (C=O) groups is 1. The molecule has 3 rings (SSSR count). The number of alkyl halides is 2. The monoisotopic (exact) mass is 421 g/mol. The van der Waals surface area contributed by atoms with Gasteiger partial charge in [-0.25, -0.2) is 9.37 Å². The molecule has 0 saturated heterocycles. The smallest absolute Gasteiger partial charge is 0.387 e. The minimum atomic E-state index is -2.85. The number of benzene rings is 2. The van der Waals surface area contributed by atoms with Crippen LogP contribution in [0.1, 0.15) is 5.56 Å². The van der Waals surface area contributed by atoms with Crippen LogP contribution < -0.4 is 10.1 Å². The fraction of sp³-hybridized carbons (Fsp3) is 0.200. The molecule has 0 bridgehead atoms. The van der Waals surface area contributed by atoms with E-state index in [0.717, 1.165) is 16.8 Å². The first kappa shape index (κ1) is 20.8. The first-order chi connectivity index (χ1) is 14.0. The number of halogens is 3. The fourth-order valence-electron chi connectivity index (χ4n) is 2.52. The molecule has 0 spiro atoms. The van der Waals surface area contributed by atoms with Crippen LogP contribution in [0.15, 0.2) is 59.9 Å². The maximum absolute atomic E-state index is 13.0. The second-order valence-corrected chi connectivity index (χ2v) is 6.98. The minimum Gasteiger partial charge on any atom is -0.435 e. The third kappa shape index (κ3) is 6.56. The molecule has 0 fully saturated rings. The molecular formula is C20H18F3N3O2S. The van der Waals surface area contributed by atoms with Gasteiger partial charge in [-0.2, -0.15) is 8.78 Å². The van der Waals surface area contributed by atoms with Crippen molar-refractivity contribution in [2.75, 3.05) is 12.3 Å². The van der Waals surface area contributed by atoms with Gasteiger partial charge in [-0.05, 0) is 53.9 Å². The Labute approximate surface area is 169 Å². The number of hydrogen-bond donors (Lipinski definition) is 2. The van der Waals surface area contributed by atoms with Crippen LogP contribution >= 0.6 is 11.8 Å². The van der Waals surface area contributed by atoms with Crippen molar-refractivity contribution in [1.82, 2.24) is 15.3 Å². The van der Waals surface area contributed by atoms with E-state index in [1.54, 1.807) is 30.5 Å². The van der Waals surface area contributed by atoms with Gasteiger partial charge in [-0.15, -0.1) is 0 Å². The van der Waals surface area contributed by atoms with E-state index in [2.05, 4.69) is 20.0 Å². The Kier molecular flexibility index (Phi) is 7.18. The van der Waals surface area contributed by atoms with Crippen LogP contribution in [0.5, 0.6) is 5.75 Å². The normalized spacial score (nSPS) is 10.9. The summed E-state index contributed by atoms with van der Waals surface area (Å²) in [6.07, 6.45) is 2.20. The summed E-state index contributed by atoms with van der Waals surface area (Å²) in [6.45, 7) is -2.42. The van der Waals surface area contributed by atoms with Crippen molar-refractivity contribution in [3.8, 4) is 17.0 Å². The molecule has 5 nitrogen and oxygen atoms in total. The largest absolute Gasteiger partial charge is 0.435 e. The van der Waals surface area contributed by atoms with Crippen LogP contribution in [0.4, 0.5) is 13.2 Å². The molecule has 3 aromatic rings. The number of thioether (sulfide) groups is 1. The molecule has 0 saturated carbocycles. The lowest BCUT2D eigenvalue weighted by Gasteiger charge is -2.07. The summed E-state index contributed by atoms with van der Waals surface area (Å²) in [4.78, 5) is 19.3. The highest BCUT2D eigenvalue weighted by molar-refractivity contribution is 7.99. The summed E-state index contributed by atoms with van der Waals surface area (Å²) < 4.78 is 41.5. The molecule has 0 aliphatic heterocycles. The van der Waals surface area contributed by atoms with Gasteiger partial charge in [0, 0.05) is 6.54 Å². The Hall–Kier alpha value is -2.94. The topological polar surface area (TPSA) is 67.0 Å². The Balaban J connectivity index is 1.39. The van der Waals surface area contributed by atoms with Crippen LogP contribution in [0.25, 0.3) is 11.3 Å². The first-order valence-corrected chi connectivity index (χ1v) is 9.72. The first-order valence-electron chi connectivity index (χ1n) is 8.74. The Bertz CT molecular complexity index is 931. The Morgan fingerprint density at radius 1 is 1.14 bits per heavy atom. The van der Waals surface area contributed by atoms with E-state index >= 15 is 0 Å². The van der Waals surface area contributed by atoms with Crippen molar-refractivity contribution in [3.05, 3.63) is 66.1 Å². The van der Waals surface area contributed by atoms with Crippen molar-refractivity contribution in [3.63, 3.8) is 0 Å². The number of nitrogens with one attached hydrogen (secondary N) is 2. The average molecular weight is 421 g/mol. The van der Waals surface area contributed by atoms with Gasteiger partial charge in [0.15, 0.2) is 5.16 Å². The van der Waals surface area contributed by atoms with Gasteiger partial charge in [-0.3, -0.25) is 4.79 Å². The maximum atomic E-state index is 13.0. The van der Waals surface area contributed by atoms with E-state index in [-0.39, 0.29) is 23.2 Å². The second-order valence-electron chi connectivity index (χ2n) is 6.02. The lowest BCUT2D eigenvalue weighted by atomic mass is 10.1. The number of aromatic amines is 1. The molecule has 0 radical (unpaired) electrons. The summed E-state index contributed by atoms with van der Waals surface area (Å²) >= 11 is 1.26. The van der Waals surface area contributed by atoms with Crippen molar-refractivity contribution in [1.29, 1.82) is 0 Å². The fourth-order valence-corrected chi connectivity index (χ4v) is 3.20. The lowest BCUT2D eigenvalue weighted by Crippen LogP contribution is -2.27. The highest BCUT2D eigenvalue weighted by Gasteiger charge is 2.08. The third-order valence-electron chi connectivity index (χ3n) is 3.93. The molecule has 1 aromatic heterocycles. The minimum absolute atomic E-state index is 0.0997. The van der Waals surface area contributed by atoms with Crippen molar-refractivity contribution < 1.29 is 22.7 Å². The standard InChI is InChI=1S/C20H18F3N3O2S/c21-15-5-3-14(4-6-15)17-11-25-20(26-17)29-12-18(27)24-10-9-13-1-7-16(8-2-13)28-19(22)23/h1-8,11,19H,9-10,12H2,(H,24,27)(H,25,26). The molecule has 1 amide bonds. The predicted octanol–water partition coefficient (Wildman–Crippen LogP) is 4.27. The van der Waals surface area contributed by atoms with Crippen LogP contribution in [0.3, 0.4) is 0 Å². The van der Waals surface area contributed by atoms with E-state index in [1.807, 2.05) is 0 Å². The number of imidazole rings is 1. The molecule has 9 heteroatoms. The zero-order chi connectivity index (χ0) is 20.6. The molecule has 29 heavy (non-hydrogen) atoms. The van der Waals surface area contributed by atoms with E-state index in [4.69, 9.17) is 0 Å². The number of H-pyrrole nitrogens is 1. The molecule has 152 valence electrons. The predicted molar refractivity (Wildman–Crippen MR) is 104 cm³/mol. The third-order valence-corrected chi connectivity index (χ3v) is 4.82. The van der Waals surface area contributed by atoms with E-state index in [0.29, 0.717) is 18.1 Å². The van der Waals surface area contributed by atoms with Crippen LogP contribution in [0, 0.1) is 5.82 Å². The van der Waals surface area contributed by atoms with Gasteiger partial charge in [0.2, 0.25) is 5.91 Å². The van der Waals surface area contributed by atoms with E-state index in [9.17, 15) is 18.0 Å². The highest BCUT2D eigenvalue weighted by Crippen LogP contribution is 2.21. The second kappa shape index (κ2) is 10.0. The Morgan fingerprint density at radius 3 is 2.55 bits per heavy atom. The van der Waals surface area contributed by atoms with Gasteiger partial charge < -0.3 is 15.0 Å². The van der Waals surface area contributed by atoms with Gasteiger partial charge in [0.25, 0.3) is 0 Å². The molecular weight excluding hydrogens is 403 g/mol. The summed E-state index contributed by atoms with van der Waals surface area (Å²) in [5, 5.41) is 3.39. The average Bonchev–Trinajstić information content (AvgIpc) is 3.17. The zero-order valence-corrected chi connectivity index (χ0v) is 16.0. The maximum Gasteiger partial charge on any atom is 0.387 e. The SMILES string of the molecule is O=C(CSc1ncc(-c2ccc(F)cc2)[nH]1)NCCc1ccc(OC(F)F)cc1. The van der Waals surface area contributed by atoms with E-state index in [1.165, 1.54) is 36.0 Å². The zero-order valence-electron chi connectivity index (χ0n) is 15.2. The molecule has 0 aliphatic carbocycles. The summed E-state index contributed by atoms with van der Waals surface area (Å²) in [5.41, 5.74) is 2.45. The van der Waals surface area contributed by atoms with Gasteiger partial charge in [-0.1, -0.05) is 23.9 Å². The number of carbonyl (C=O) groups excluding carboxylic acids is 1. The molecule has 0 aliphatic rings. The van der Waals surface area contributed by atoms with Gasteiger partial charge in [0.1, 0.15) is 11.6 Å². The summed E-state index contributed by atoms with van der Waals surface area (Å²) in [5.74, 6) is -0.163. The number of aromatic nitrogens is 2. The van der Waals surface area contributed by atoms with Crippen LogP contribution in [-0.4, -0.2) is 34.8 Å². The molecule has 2 N–H and O–H groups in total. The Morgan fingerprint density at radius 2 is 1.86 bits per heavy atom. The summed E-state index contributed by atoms with van der Waals surface area (Å²) in [6, 6.07) is 12.3. The summed E-state index contributed by atoms with van der Waals surface area (Å²) in [7, 11) is 0. The van der Waals surface area contributed by atoms with Crippen molar-refractivity contribution in [2.45, 2.75) is 18.2 Å². The number of nitrogens with zero attached hydrogens (tertiary/aromatic N) is 1. The van der Waals surface area contributed by atoms with Crippen molar-refractivity contribution in [2.24, 2.45) is 0 Å². The highest BCUT2D eigenvalue weighted by atomic mass is 32.2. The quantitative estimate of drug-likeness (QED) is 0.507. The lowest BCUT2D eigenvalue weighted by molar-refractivity contribution is -0.118. The van der Waals surface area contributed by atoms with Crippen LogP contribution in [0.2, 0.25) is 0 Å². The van der Waals surface area contributed by atoms with Gasteiger partial charge in [0.05, 0.1) is 17.6 Å². The number of hydrogen-bond acceptors (Lipinski definition) is 4. The van der Waals surface area contributed by atoms with Crippen molar-refractivity contribution >= 4 is 17.7 Å². The molecule has 0 unspecified atom stereocenters. The number of ether oxygens (including phenoxy) is 1. The number of amides is 1.